The van der Waals surface area contributed by atoms with Crippen LogP contribution in [0.2, 0.25) is 5.28 Å². The summed E-state index contributed by atoms with van der Waals surface area (Å²) in [5, 5.41) is 13.4. The molecule has 2 N–H and O–H groups in total. The summed E-state index contributed by atoms with van der Waals surface area (Å²) in [7, 11) is 0. The predicted molar refractivity (Wildman–Crippen MR) is 79.1 cm³/mol. The van der Waals surface area contributed by atoms with Crippen molar-refractivity contribution in [1.29, 1.82) is 0 Å². The predicted octanol–water partition coefficient (Wildman–Crippen LogP) is 2.31. The Morgan fingerprint density at radius 2 is 2.45 bits per heavy atom. The van der Waals surface area contributed by atoms with Gasteiger partial charge in [0.05, 0.1) is 24.8 Å². The lowest BCUT2D eigenvalue weighted by molar-refractivity contribution is -0.150. The van der Waals surface area contributed by atoms with Gasteiger partial charge < -0.3 is 15.2 Å². The lowest BCUT2D eigenvalue weighted by atomic mass is 9.79. The smallest absolute Gasteiger partial charge is 0.308 e. The highest BCUT2D eigenvalue weighted by Crippen LogP contribution is 2.33. The molecule has 1 saturated carbocycles. The van der Waals surface area contributed by atoms with Crippen LogP contribution in [0.15, 0.2) is 6.20 Å². The first kappa shape index (κ1) is 16.9. The van der Waals surface area contributed by atoms with Crippen molar-refractivity contribution in [3.05, 3.63) is 17.3 Å². The molecule has 0 spiro atoms. The maximum absolute atomic E-state index is 13.6. The molecule has 2 atom stereocenters. The summed E-state index contributed by atoms with van der Waals surface area (Å²) in [6.45, 7) is 2.00. The van der Waals surface area contributed by atoms with Crippen LogP contribution in [0.25, 0.3) is 0 Å². The summed E-state index contributed by atoms with van der Waals surface area (Å²) in [6.07, 6.45) is 3.21. The van der Waals surface area contributed by atoms with Gasteiger partial charge in [0.1, 0.15) is 0 Å². The van der Waals surface area contributed by atoms with Crippen LogP contribution in [0.3, 0.4) is 0 Å². The van der Waals surface area contributed by atoms with Gasteiger partial charge in [-0.15, -0.1) is 0 Å². The third kappa shape index (κ3) is 4.51. The zero-order valence-electron chi connectivity index (χ0n) is 12.3. The molecule has 1 aliphatic carbocycles. The quantitative estimate of drug-likeness (QED) is 0.636. The maximum atomic E-state index is 13.6. The van der Waals surface area contributed by atoms with Crippen molar-refractivity contribution in [3.63, 3.8) is 0 Å². The number of ether oxygens (including phenoxy) is 1. The van der Waals surface area contributed by atoms with Gasteiger partial charge in [0.2, 0.25) is 5.28 Å². The topological polar surface area (TPSA) is 84.3 Å². The molecule has 1 heterocycles. The molecular weight excluding hydrogens is 313 g/mol. The van der Waals surface area contributed by atoms with E-state index in [-0.39, 0.29) is 30.2 Å². The van der Waals surface area contributed by atoms with Crippen molar-refractivity contribution in [2.45, 2.75) is 50.7 Å². The van der Waals surface area contributed by atoms with Crippen LogP contribution in [0, 0.1) is 5.82 Å². The molecule has 0 amide bonds. The minimum atomic E-state index is -1.14. The van der Waals surface area contributed by atoms with Crippen LogP contribution in [0.1, 0.15) is 39.0 Å². The normalized spacial score (nSPS) is 24.8. The summed E-state index contributed by atoms with van der Waals surface area (Å²) >= 11 is 5.65. The number of aliphatic hydroxyl groups is 1. The van der Waals surface area contributed by atoms with E-state index in [2.05, 4.69) is 15.3 Å². The van der Waals surface area contributed by atoms with Crippen molar-refractivity contribution >= 4 is 23.4 Å². The highest BCUT2D eigenvalue weighted by Gasteiger charge is 2.37. The van der Waals surface area contributed by atoms with Crippen LogP contribution >= 0.6 is 11.6 Å². The number of hydrogen-bond acceptors (Lipinski definition) is 6. The largest absolute Gasteiger partial charge is 0.466 e. The van der Waals surface area contributed by atoms with Gasteiger partial charge in [-0.3, -0.25) is 4.79 Å². The first-order chi connectivity index (χ1) is 10.4. The number of aromatic nitrogens is 2. The molecule has 22 heavy (non-hydrogen) atoms. The Hall–Kier alpha value is -1.47. The molecule has 1 aromatic rings. The Kier molecular flexibility index (Phi) is 5.52. The average molecular weight is 332 g/mol. The average Bonchev–Trinajstić information content (AvgIpc) is 2.42. The third-order valence-corrected chi connectivity index (χ3v) is 3.84. The monoisotopic (exact) mass is 331 g/mol. The Morgan fingerprint density at radius 1 is 1.68 bits per heavy atom. The van der Waals surface area contributed by atoms with Gasteiger partial charge in [-0.1, -0.05) is 0 Å². The van der Waals surface area contributed by atoms with E-state index in [1.54, 1.807) is 6.92 Å². The molecule has 0 bridgehead atoms. The number of halogens is 2. The standard InChI is InChI=1S/C14H19ClFN3O3/c1-2-22-11(20)7-14(21)5-3-4-9(6-14)18-12-10(16)8-17-13(15)19-12/h8-9,21H,2-7H2,1H3,(H,17,18,19)/t9?,14-/m0/s1. The lowest BCUT2D eigenvalue weighted by Crippen LogP contribution is -2.42. The number of carbonyl (C=O) groups is 1. The van der Waals surface area contributed by atoms with E-state index in [0.29, 0.717) is 19.3 Å². The summed E-state index contributed by atoms with van der Waals surface area (Å²) < 4.78 is 18.5. The fraction of sp³-hybridized carbons (Fsp3) is 0.643. The second kappa shape index (κ2) is 7.19. The maximum Gasteiger partial charge on any atom is 0.308 e. The van der Waals surface area contributed by atoms with E-state index in [0.717, 1.165) is 12.6 Å². The number of rotatable bonds is 5. The molecular formula is C14H19ClFN3O3. The summed E-state index contributed by atoms with van der Waals surface area (Å²) in [4.78, 5) is 18.9. The minimum absolute atomic E-state index is 0.00499. The molecule has 0 aromatic carbocycles. The number of nitrogens with one attached hydrogen (secondary N) is 1. The molecule has 6 nitrogen and oxygen atoms in total. The second-order valence-electron chi connectivity index (χ2n) is 5.48. The molecule has 0 radical (unpaired) electrons. The Labute approximate surface area is 133 Å². The molecule has 1 aliphatic rings. The molecule has 0 saturated heterocycles. The molecule has 2 rings (SSSR count). The first-order valence-electron chi connectivity index (χ1n) is 7.24. The van der Waals surface area contributed by atoms with E-state index >= 15 is 0 Å². The van der Waals surface area contributed by atoms with Crippen molar-refractivity contribution in [1.82, 2.24) is 9.97 Å². The molecule has 1 aromatic heterocycles. The minimum Gasteiger partial charge on any atom is -0.466 e. The third-order valence-electron chi connectivity index (χ3n) is 3.66. The van der Waals surface area contributed by atoms with E-state index < -0.39 is 17.4 Å². The van der Waals surface area contributed by atoms with Gasteiger partial charge in [0.25, 0.3) is 0 Å². The molecule has 1 fully saturated rings. The van der Waals surface area contributed by atoms with Crippen LogP contribution in [0.5, 0.6) is 0 Å². The molecule has 8 heteroatoms. The van der Waals surface area contributed by atoms with E-state index in [1.165, 1.54) is 0 Å². The Morgan fingerprint density at radius 3 is 3.18 bits per heavy atom. The Bertz CT molecular complexity index is 546. The second-order valence-corrected chi connectivity index (χ2v) is 5.82. The Balaban J connectivity index is 2.01. The van der Waals surface area contributed by atoms with Crippen LogP contribution in [-0.4, -0.2) is 39.3 Å². The number of nitrogens with zero attached hydrogens (tertiary/aromatic N) is 2. The number of esters is 1. The van der Waals surface area contributed by atoms with E-state index in [4.69, 9.17) is 16.3 Å². The van der Waals surface area contributed by atoms with Crippen molar-refractivity contribution in [2.75, 3.05) is 11.9 Å². The number of hydrogen-bond donors (Lipinski definition) is 2. The molecule has 1 unspecified atom stereocenters. The summed E-state index contributed by atoms with van der Waals surface area (Å²) in [6, 6.07) is -0.200. The van der Waals surface area contributed by atoms with Gasteiger partial charge in [-0.25, -0.2) is 9.37 Å². The van der Waals surface area contributed by atoms with Crippen LogP contribution in [-0.2, 0) is 9.53 Å². The van der Waals surface area contributed by atoms with Gasteiger partial charge in [0.15, 0.2) is 11.6 Å². The van der Waals surface area contributed by atoms with E-state index in [9.17, 15) is 14.3 Å². The van der Waals surface area contributed by atoms with Gasteiger partial charge >= 0.3 is 5.97 Å². The van der Waals surface area contributed by atoms with Crippen molar-refractivity contribution in [2.24, 2.45) is 0 Å². The fourth-order valence-corrected chi connectivity index (χ4v) is 2.88. The highest BCUT2D eigenvalue weighted by atomic mass is 35.5. The van der Waals surface area contributed by atoms with Gasteiger partial charge in [0, 0.05) is 6.04 Å². The number of anilines is 1. The molecule has 122 valence electrons. The zero-order chi connectivity index (χ0) is 16.2. The summed E-state index contributed by atoms with van der Waals surface area (Å²) in [5.74, 6) is -1.03. The first-order valence-corrected chi connectivity index (χ1v) is 7.62. The summed E-state index contributed by atoms with van der Waals surface area (Å²) in [5.41, 5.74) is -1.14. The fourth-order valence-electron chi connectivity index (χ4n) is 2.74. The van der Waals surface area contributed by atoms with Crippen LogP contribution in [0.4, 0.5) is 10.2 Å². The SMILES string of the molecule is CCOC(=O)C[C@]1(O)CCCC(Nc2nc(Cl)ncc2F)C1. The van der Waals surface area contributed by atoms with Crippen LogP contribution < -0.4 is 5.32 Å². The zero-order valence-corrected chi connectivity index (χ0v) is 13.1. The van der Waals surface area contributed by atoms with Gasteiger partial charge in [-0.2, -0.15) is 4.98 Å². The van der Waals surface area contributed by atoms with E-state index in [1.807, 2.05) is 0 Å². The van der Waals surface area contributed by atoms with Crippen molar-refractivity contribution < 1.29 is 19.0 Å². The molecule has 0 aliphatic heterocycles. The van der Waals surface area contributed by atoms with Gasteiger partial charge in [-0.05, 0) is 44.2 Å². The highest BCUT2D eigenvalue weighted by molar-refractivity contribution is 6.28. The van der Waals surface area contributed by atoms with Crippen molar-refractivity contribution in [3.8, 4) is 0 Å². The lowest BCUT2D eigenvalue weighted by Gasteiger charge is -2.36. The number of carbonyl (C=O) groups excluding carboxylic acids is 1.